The first-order valence-electron chi connectivity index (χ1n) is 5.39. The molecule has 0 aromatic carbocycles. The van der Waals surface area contributed by atoms with E-state index in [-0.39, 0.29) is 30.3 Å². The number of carbonyl (C=O) groups is 2. The number of nitriles is 1. The van der Waals surface area contributed by atoms with Gasteiger partial charge in [0, 0.05) is 0 Å². The first-order valence-corrected chi connectivity index (χ1v) is 5.39. The van der Waals surface area contributed by atoms with Crippen molar-refractivity contribution in [2.24, 2.45) is 5.41 Å². The molecular formula is C11H17N3O2. The zero-order valence-corrected chi connectivity index (χ0v) is 9.75. The Bertz CT molecular complexity index is 315. The third-order valence-electron chi connectivity index (χ3n) is 2.59. The summed E-state index contributed by atoms with van der Waals surface area (Å²) in [7, 11) is 0. The molecule has 0 bridgehead atoms. The molecule has 0 saturated carbocycles. The Hall–Kier alpha value is -1.41. The van der Waals surface area contributed by atoms with E-state index < -0.39 is 0 Å². The number of nitrogens with one attached hydrogen (secondary N) is 1. The van der Waals surface area contributed by atoms with Crippen molar-refractivity contribution >= 4 is 11.8 Å². The minimum atomic E-state index is -0.331. The van der Waals surface area contributed by atoms with E-state index in [0.29, 0.717) is 6.54 Å². The maximum atomic E-state index is 11.1. The molecule has 5 heteroatoms. The van der Waals surface area contributed by atoms with E-state index in [4.69, 9.17) is 5.26 Å². The molecular weight excluding hydrogens is 206 g/mol. The highest BCUT2D eigenvalue weighted by molar-refractivity contribution is 5.99. The second-order valence-electron chi connectivity index (χ2n) is 4.78. The van der Waals surface area contributed by atoms with Crippen LogP contribution >= 0.6 is 0 Å². The van der Waals surface area contributed by atoms with Crippen LogP contribution in [0.1, 0.15) is 26.7 Å². The fourth-order valence-corrected chi connectivity index (χ4v) is 1.66. The SMILES string of the molecule is CC(C)(C#N)CCCN1CC(=O)NC(=O)C1. The van der Waals surface area contributed by atoms with E-state index in [1.807, 2.05) is 18.7 Å². The maximum absolute atomic E-state index is 11.1. The second-order valence-corrected chi connectivity index (χ2v) is 4.78. The lowest BCUT2D eigenvalue weighted by Gasteiger charge is -2.26. The summed E-state index contributed by atoms with van der Waals surface area (Å²) in [5.74, 6) is -0.480. The number of imide groups is 1. The molecule has 0 atom stereocenters. The van der Waals surface area contributed by atoms with E-state index >= 15 is 0 Å². The molecule has 0 unspecified atom stereocenters. The van der Waals surface area contributed by atoms with Gasteiger partial charge in [-0.1, -0.05) is 0 Å². The van der Waals surface area contributed by atoms with Crippen LogP contribution < -0.4 is 5.32 Å². The van der Waals surface area contributed by atoms with Crippen molar-refractivity contribution in [3.63, 3.8) is 0 Å². The molecule has 0 spiro atoms. The Labute approximate surface area is 95.4 Å². The molecule has 1 saturated heterocycles. The van der Waals surface area contributed by atoms with Gasteiger partial charge in [0.1, 0.15) is 0 Å². The molecule has 0 aromatic heterocycles. The molecule has 16 heavy (non-hydrogen) atoms. The number of nitrogens with zero attached hydrogens (tertiary/aromatic N) is 2. The summed E-state index contributed by atoms with van der Waals surface area (Å²) >= 11 is 0. The lowest BCUT2D eigenvalue weighted by atomic mass is 9.90. The average molecular weight is 223 g/mol. The quantitative estimate of drug-likeness (QED) is 0.694. The van der Waals surface area contributed by atoms with Crippen molar-refractivity contribution in [2.75, 3.05) is 19.6 Å². The third kappa shape index (κ3) is 3.99. The fraction of sp³-hybridized carbons (Fsp3) is 0.727. The molecule has 1 aliphatic rings. The molecule has 0 radical (unpaired) electrons. The van der Waals surface area contributed by atoms with Gasteiger partial charge >= 0.3 is 0 Å². The zero-order valence-electron chi connectivity index (χ0n) is 9.75. The molecule has 88 valence electrons. The largest absolute Gasteiger partial charge is 0.294 e. The number of carbonyl (C=O) groups excluding carboxylic acids is 2. The number of hydrogen-bond donors (Lipinski definition) is 1. The molecule has 0 aliphatic carbocycles. The van der Waals surface area contributed by atoms with Crippen molar-refractivity contribution in [3.8, 4) is 6.07 Å². The summed E-state index contributed by atoms with van der Waals surface area (Å²) in [5.41, 5.74) is -0.331. The minimum absolute atomic E-state index is 0.240. The zero-order chi connectivity index (χ0) is 12.2. The van der Waals surface area contributed by atoms with Gasteiger partial charge in [0.25, 0.3) is 0 Å². The predicted octanol–water partition coefficient (Wildman–Crippen LogP) is 0.275. The van der Waals surface area contributed by atoms with Crippen molar-refractivity contribution < 1.29 is 9.59 Å². The number of hydrogen-bond acceptors (Lipinski definition) is 4. The number of piperazine rings is 1. The highest BCUT2D eigenvalue weighted by atomic mass is 16.2. The van der Waals surface area contributed by atoms with E-state index in [1.165, 1.54) is 0 Å². The Kier molecular flexibility index (Phi) is 4.02. The van der Waals surface area contributed by atoms with Crippen LogP contribution in [0, 0.1) is 16.7 Å². The average Bonchev–Trinajstić information content (AvgIpc) is 2.16. The van der Waals surface area contributed by atoms with Gasteiger partial charge < -0.3 is 0 Å². The van der Waals surface area contributed by atoms with Crippen LogP contribution in [0.4, 0.5) is 0 Å². The summed E-state index contributed by atoms with van der Waals surface area (Å²) in [6.07, 6.45) is 1.59. The summed E-state index contributed by atoms with van der Waals surface area (Å²) in [4.78, 5) is 24.0. The Morgan fingerprint density at radius 3 is 2.44 bits per heavy atom. The predicted molar refractivity (Wildman–Crippen MR) is 58.2 cm³/mol. The van der Waals surface area contributed by atoms with E-state index in [2.05, 4.69) is 11.4 Å². The van der Waals surface area contributed by atoms with Crippen LogP contribution in [-0.4, -0.2) is 36.3 Å². The van der Waals surface area contributed by atoms with Crippen molar-refractivity contribution in [1.82, 2.24) is 10.2 Å². The third-order valence-corrected chi connectivity index (χ3v) is 2.59. The van der Waals surface area contributed by atoms with Crippen LogP contribution in [-0.2, 0) is 9.59 Å². The van der Waals surface area contributed by atoms with Crippen LogP contribution in [0.15, 0.2) is 0 Å². The maximum Gasteiger partial charge on any atom is 0.240 e. The lowest BCUT2D eigenvalue weighted by molar-refractivity contribution is -0.136. The summed E-state index contributed by atoms with van der Waals surface area (Å²) in [6, 6.07) is 2.23. The molecule has 5 nitrogen and oxygen atoms in total. The van der Waals surface area contributed by atoms with Gasteiger partial charge in [-0.15, -0.1) is 0 Å². The summed E-state index contributed by atoms with van der Waals surface area (Å²) in [6.45, 7) is 5.02. The Morgan fingerprint density at radius 1 is 1.38 bits per heavy atom. The first kappa shape index (κ1) is 12.7. The highest BCUT2D eigenvalue weighted by Crippen LogP contribution is 2.20. The summed E-state index contributed by atoms with van der Waals surface area (Å²) in [5, 5.41) is 11.1. The molecule has 1 aliphatic heterocycles. The van der Waals surface area contributed by atoms with Crippen LogP contribution in [0.25, 0.3) is 0 Å². The van der Waals surface area contributed by atoms with Gasteiger partial charge in [-0.05, 0) is 33.2 Å². The van der Waals surface area contributed by atoms with E-state index in [1.54, 1.807) is 0 Å². The molecule has 1 fully saturated rings. The van der Waals surface area contributed by atoms with Crippen LogP contribution in [0.5, 0.6) is 0 Å². The molecule has 2 amide bonds. The normalized spacial score (nSPS) is 18.1. The van der Waals surface area contributed by atoms with Crippen molar-refractivity contribution in [2.45, 2.75) is 26.7 Å². The molecule has 1 N–H and O–H groups in total. The van der Waals surface area contributed by atoms with Gasteiger partial charge in [0.15, 0.2) is 0 Å². The molecule has 1 heterocycles. The number of rotatable bonds is 4. The number of amides is 2. The van der Waals surface area contributed by atoms with E-state index in [9.17, 15) is 9.59 Å². The second kappa shape index (κ2) is 5.08. The first-order chi connectivity index (χ1) is 7.43. The molecule has 1 rings (SSSR count). The Morgan fingerprint density at radius 2 is 1.94 bits per heavy atom. The van der Waals surface area contributed by atoms with Gasteiger partial charge in [-0.3, -0.25) is 19.8 Å². The lowest BCUT2D eigenvalue weighted by Crippen LogP contribution is -2.51. The topological polar surface area (TPSA) is 73.2 Å². The van der Waals surface area contributed by atoms with Gasteiger partial charge in [-0.25, -0.2) is 0 Å². The van der Waals surface area contributed by atoms with Crippen LogP contribution in [0.3, 0.4) is 0 Å². The van der Waals surface area contributed by atoms with Gasteiger partial charge in [0.2, 0.25) is 11.8 Å². The van der Waals surface area contributed by atoms with E-state index in [0.717, 1.165) is 12.8 Å². The standard InChI is InChI=1S/C11H17N3O2/c1-11(2,8-12)4-3-5-14-6-9(15)13-10(16)7-14/h3-7H2,1-2H3,(H,13,15,16). The van der Waals surface area contributed by atoms with Crippen molar-refractivity contribution in [3.05, 3.63) is 0 Å². The monoisotopic (exact) mass is 223 g/mol. The van der Waals surface area contributed by atoms with Crippen LogP contribution in [0.2, 0.25) is 0 Å². The van der Waals surface area contributed by atoms with Gasteiger partial charge in [-0.2, -0.15) is 5.26 Å². The fourth-order valence-electron chi connectivity index (χ4n) is 1.66. The smallest absolute Gasteiger partial charge is 0.240 e. The highest BCUT2D eigenvalue weighted by Gasteiger charge is 2.23. The summed E-state index contributed by atoms with van der Waals surface area (Å²) < 4.78 is 0. The van der Waals surface area contributed by atoms with Crippen molar-refractivity contribution in [1.29, 1.82) is 5.26 Å². The van der Waals surface area contributed by atoms with Gasteiger partial charge in [0.05, 0.1) is 24.6 Å². The Balaban J connectivity index is 2.31. The molecule has 0 aromatic rings. The minimum Gasteiger partial charge on any atom is -0.294 e.